The number of carboxylic acids is 1. The fraction of sp³-hybridized carbons (Fsp3) is 0.545. The molecule has 5 atom stereocenters. The summed E-state index contributed by atoms with van der Waals surface area (Å²) in [4.78, 5) is 58.9. The standard InChI is InChI=1S/C33H42N4O8/c1-32(2,3)45-31(42)35-25-11-9-7-5-6-8-10-21-18-33(21,30(40)41)36-27(38)26-17-23(19-37(26)29(25)39)44-28-24-13-12-22(43-4)16-20(24)14-15-34-28/h8,10,12-16,21,23,25-26H,5-7,9,11,17-19H2,1-4H3,(H,35,42)(H,36,38)(H,40,41)/t21-,23-,25+,26+,33-/m1/s1. The van der Waals surface area contributed by atoms with Gasteiger partial charge in [0.15, 0.2) is 0 Å². The second kappa shape index (κ2) is 12.9. The van der Waals surface area contributed by atoms with E-state index in [-0.39, 0.29) is 25.3 Å². The van der Waals surface area contributed by atoms with Crippen LogP contribution in [0.25, 0.3) is 10.8 Å². The van der Waals surface area contributed by atoms with Crippen molar-refractivity contribution < 1.29 is 38.5 Å². The van der Waals surface area contributed by atoms with E-state index in [4.69, 9.17) is 14.2 Å². The van der Waals surface area contributed by atoms with Crippen molar-refractivity contribution >= 4 is 34.6 Å². The molecule has 45 heavy (non-hydrogen) atoms. The number of carbonyl (C=O) groups excluding carboxylic acids is 3. The highest BCUT2D eigenvalue weighted by Gasteiger charge is 2.61. The summed E-state index contributed by atoms with van der Waals surface area (Å²) in [6.07, 6.45) is 7.90. The lowest BCUT2D eigenvalue weighted by molar-refractivity contribution is -0.145. The van der Waals surface area contributed by atoms with E-state index in [2.05, 4.69) is 15.6 Å². The van der Waals surface area contributed by atoms with Crippen LogP contribution >= 0.6 is 0 Å². The molecule has 1 aromatic carbocycles. The molecule has 1 saturated heterocycles. The van der Waals surface area contributed by atoms with E-state index in [1.54, 1.807) is 40.1 Å². The summed E-state index contributed by atoms with van der Waals surface area (Å²) in [5.74, 6) is -1.45. The van der Waals surface area contributed by atoms with Crippen molar-refractivity contribution in [2.75, 3.05) is 13.7 Å². The molecule has 1 aliphatic carbocycles. The van der Waals surface area contributed by atoms with E-state index >= 15 is 0 Å². The molecule has 2 fully saturated rings. The molecule has 3 amide bonds. The molecule has 3 heterocycles. The Hall–Kier alpha value is -4.35. The SMILES string of the molecule is COc1ccc2c(O[C@@H]3C[C@H]4C(=O)N[C@]5(C(=O)O)C[C@H]5C=CCCCCC[C@H](NC(=O)OC(C)(C)C)C(=O)N4C3)nccc2c1. The van der Waals surface area contributed by atoms with Gasteiger partial charge in [-0.25, -0.2) is 14.6 Å². The van der Waals surface area contributed by atoms with E-state index in [1.165, 1.54) is 4.90 Å². The zero-order valence-electron chi connectivity index (χ0n) is 26.2. The molecule has 3 aliphatic rings. The van der Waals surface area contributed by atoms with Crippen LogP contribution in [0, 0.1) is 5.92 Å². The molecule has 12 nitrogen and oxygen atoms in total. The number of allylic oxidation sites excluding steroid dienone is 1. The number of benzene rings is 1. The molecule has 2 aliphatic heterocycles. The average molecular weight is 623 g/mol. The average Bonchev–Trinajstić information content (AvgIpc) is 3.51. The first kappa shape index (κ1) is 32.1. The third-order valence-electron chi connectivity index (χ3n) is 8.53. The summed E-state index contributed by atoms with van der Waals surface area (Å²) < 4.78 is 17.1. The lowest BCUT2D eigenvalue weighted by Gasteiger charge is -2.30. The predicted molar refractivity (Wildman–Crippen MR) is 165 cm³/mol. The number of nitrogens with one attached hydrogen (secondary N) is 2. The van der Waals surface area contributed by atoms with Crippen LogP contribution in [0.1, 0.15) is 65.7 Å². The van der Waals surface area contributed by atoms with Gasteiger partial charge in [-0.1, -0.05) is 25.0 Å². The smallest absolute Gasteiger partial charge is 0.408 e. The number of aliphatic carboxylic acids is 1. The van der Waals surface area contributed by atoms with Gasteiger partial charge >= 0.3 is 12.1 Å². The van der Waals surface area contributed by atoms with Gasteiger partial charge in [-0.2, -0.15) is 0 Å². The van der Waals surface area contributed by atoms with Crippen molar-refractivity contribution in [3.63, 3.8) is 0 Å². The first-order valence-corrected chi connectivity index (χ1v) is 15.5. The second-order valence-corrected chi connectivity index (χ2v) is 13.0. The topological polar surface area (TPSA) is 156 Å². The zero-order valence-corrected chi connectivity index (χ0v) is 26.2. The van der Waals surface area contributed by atoms with E-state index < -0.39 is 53.2 Å². The lowest BCUT2D eigenvalue weighted by atomic mass is 10.0. The molecule has 5 rings (SSSR count). The predicted octanol–water partition coefficient (Wildman–Crippen LogP) is 3.96. The number of hydrogen-bond acceptors (Lipinski definition) is 8. The lowest BCUT2D eigenvalue weighted by Crippen LogP contribution is -2.56. The molecule has 1 aromatic heterocycles. The molecule has 0 bridgehead atoms. The van der Waals surface area contributed by atoms with Crippen LogP contribution in [-0.4, -0.2) is 81.8 Å². The third-order valence-corrected chi connectivity index (χ3v) is 8.53. The molecule has 242 valence electrons. The largest absolute Gasteiger partial charge is 0.497 e. The molecular formula is C33H42N4O8. The molecule has 0 spiro atoms. The molecule has 0 radical (unpaired) electrons. The zero-order chi connectivity index (χ0) is 32.4. The van der Waals surface area contributed by atoms with Crippen LogP contribution in [0.4, 0.5) is 4.79 Å². The Morgan fingerprint density at radius 1 is 1.16 bits per heavy atom. The van der Waals surface area contributed by atoms with E-state index in [9.17, 15) is 24.3 Å². The van der Waals surface area contributed by atoms with Crippen LogP contribution in [0.5, 0.6) is 11.6 Å². The highest BCUT2D eigenvalue weighted by Crippen LogP contribution is 2.45. The molecule has 0 unspecified atom stereocenters. The highest BCUT2D eigenvalue weighted by atomic mass is 16.6. The van der Waals surface area contributed by atoms with Crippen LogP contribution < -0.4 is 20.1 Å². The normalized spacial score (nSPS) is 27.3. The number of ether oxygens (including phenoxy) is 3. The van der Waals surface area contributed by atoms with Crippen molar-refractivity contribution in [2.24, 2.45) is 5.92 Å². The number of amides is 3. The van der Waals surface area contributed by atoms with Crippen LogP contribution in [-0.2, 0) is 19.1 Å². The Labute approximate surface area is 262 Å². The third kappa shape index (κ3) is 7.32. The minimum absolute atomic E-state index is 0.0427. The number of aromatic nitrogens is 1. The summed E-state index contributed by atoms with van der Waals surface area (Å²) in [6, 6.07) is 5.36. The summed E-state index contributed by atoms with van der Waals surface area (Å²) in [6.45, 7) is 5.26. The highest BCUT2D eigenvalue weighted by molar-refractivity contribution is 5.96. The number of pyridine rings is 1. The van der Waals surface area contributed by atoms with Crippen molar-refractivity contribution in [3.05, 3.63) is 42.6 Å². The summed E-state index contributed by atoms with van der Waals surface area (Å²) in [7, 11) is 1.58. The maximum atomic E-state index is 14.2. The van der Waals surface area contributed by atoms with Gasteiger partial charge in [0.2, 0.25) is 17.7 Å². The second-order valence-electron chi connectivity index (χ2n) is 13.0. The fourth-order valence-corrected chi connectivity index (χ4v) is 6.10. The van der Waals surface area contributed by atoms with Crippen LogP contribution in [0.15, 0.2) is 42.6 Å². The minimum Gasteiger partial charge on any atom is -0.497 e. The summed E-state index contributed by atoms with van der Waals surface area (Å²) in [5, 5.41) is 17.2. The fourth-order valence-electron chi connectivity index (χ4n) is 6.10. The van der Waals surface area contributed by atoms with Crippen molar-refractivity contribution in [1.82, 2.24) is 20.5 Å². The van der Waals surface area contributed by atoms with Crippen LogP contribution in [0.3, 0.4) is 0 Å². The molecule has 1 saturated carbocycles. The van der Waals surface area contributed by atoms with Gasteiger partial charge < -0.3 is 34.9 Å². The molecule has 12 heteroatoms. The van der Waals surface area contributed by atoms with Crippen molar-refractivity contribution in [3.8, 4) is 11.6 Å². The first-order valence-electron chi connectivity index (χ1n) is 15.5. The Morgan fingerprint density at radius 3 is 2.69 bits per heavy atom. The maximum absolute atomic E-state index is 14.2. The molecule has 3 N–H and O–H groups in total. The van der Waals surface area contributed by atoms with Gasteiger partial charge in [-0.3, -0.25) is 9.59 Å². The van der Waals surface area contributed by atoms with Crippen LogP contribution in [0.2, 0.25) is 0 Å². The Kier molecular flexibility index (Phi) is 9.22. The number of carbonyl (C=O) groups is 4. The number of hydrogen-bond donors (Lipinski definition) is 3. The maximum Gasteiger partial charge on any atom is 0.408 e. The number of fused-ring (bicyclic) bond motifs is 3. The number of rotatable bonds is 5. The number of alkyl carbamates (subject to hydrolysis) is 1. The Balaban J connectivity index is 1.44. The first-order chi connectivity index (χ1) is 21.4. The monoisotopic (exact) mass is 622 g/mol. The van der Waals surface area contributed by atoms with E-state index in [0.29, 0.717) is 24.5 Å². The molecular weight excluding hydrogens is 580 g/mol. The van der Waals surface area contributed by atoms with Crippen molar-refractivity contribution in [2.45, 2.75) is 95.0 Å². The minimum atomic E-state index is -1.42. The van der Waals surface area contributed by atoms with Gasteiger partial charge in [0.1, 0.15) is 35.1 Å². The van der Waals surface area contributed by atoms with Gasteiger partial charge in [0, 0.05) is 23.9 Å². The number of nitrogens with zero attached hydrogens (tertiary/aromatic N) is 2. The number of methoxy groups -OCH3 is 1. The summed E-state index contributed by atoms with van der Waals surface area (Å²) in [5.41, 5.74) is -2.19. The van der Waals surface area contributed by atoms with E-state index in [1.807, 2.05) is 30.4 Å². The summed E-state index contributed by atoms with van der Waals surface area (Å²) >= 11 is 0. The molecule has 2 aromatic rings. The number of carboxylic acid groups (broad SMARTS) is 1. The Bertz CT molecular complexity index is 1490. The Morgan fingerprint density at radius 2 is 1.96 bits per heavy atom. The van der Waals surface area contributed by atoms with Gasteiger partial charge in [-0.15, -0.1) is 0 Å². The van der Waals surface area contributed by atoms with Crippen molar-refractivity contribution in [1.29, 1.82) is 0 Å². The van der Waals surface area contributed by atoms with Gasteiger partial charge in [0.05, 0.1) is 13.7 Å². The van der Waals surface area contributed by atoms with E-state index in [0.717, 1.165) is 30.0 Å². The van der Waals surface area contributed by atoms with Gasteiger partial charge in [-0.05, 0) is 76.1 Å². The van der Waals surface area contributed by atoms with Gasteiger partial charge in [0.25, 0.3) is 0 Å². The quantitative estimate of drug-likeness (QED) is 0.420.